The van der Waals surface area contributed by atoms with Gasteiger partial charge < -0.3 is 10.5 Å². The number of esters is 1. The normalized spacial score (nSPS) is 13.2. The summed E-state index contributed by atoms with van der Waals surface area (Å²) < 4.78 is 33.3. The van der Waals surface area contributed by atoms with E-state index in [0.717, 1.165) is 16.2 Å². The Morgan fingerprint density at radius 3 is 2.33 bits per heavy atom. The van der Waals surface area contributed by atoms with E-state index in [1.807, 2.05) is 36.4 Å². The molecule has 0 saturated carbocycles. The first-order valence-corrected chi connectivity index (χ1v) is 7.67. The minimum absolute atomic E-state index is 0.125. The number of hydrogen-bond donors (Lipinski definition) is 1. The number of hydrogen-bond acceptors (Lipinski definition) is 3. The van der Waals surface area contributed by atoms with Crippen molar-refractivity contribution in [2.75, 3.05) is 6.61 Å². The van der Waals surface area contributed by atoms with Crippen molar-refractivity contribution in [1.82, 2.24) is 0 Å². The predicted octanol–water partition coefficient (Wildman–Crippen LogP) is 4.19. The van der Waals surface area contributed by atoms with E-state index in [4.69, 9.17) is 5.73 Å². The lowest BCUT2D eigenvalue weighted by Crippen LogP contribution is -2.41. The second-order valence-corrected chi connectivity index (χ2v) is 5.55. The zero-order chi connectivity index (χ0) is 17.3. The predicted molar refractivity (Wildman–Crippen MR) is 90.0 cm³/mol. The van der Waals surface area contributed by atoms with Crippen molar-refractivity contribution in [3.63, 3.8) is 0 Å². The van der Waals surface area contributed by atoms with Crippen molar-refractivity contribution in [2.45, 2.75) is 18.9 Å². The van der Waals surface area contributed by atoms with E-state index in [2.05, 4.69) is 4.74 Å². The number of fused-ring (bicyclic) bond motifs is 3. The van der Waals surface area contributed by atoms with E-state index in [1.165, 1.54) is 6.92 Å². The van der Waals surface area contributed by atoms with Gasteiger partial charge in [0, 0.05) is 0 Å². The first-order chi connectivity index (χ1) is 11.5. The van der Waals surface area contributed by atoms with Crippen LogP contribution in [0.3, 0.4) is 0 Å². The Kier molecular flexibility index (Phi) is 4.20. The lowest BCUT2D eigenvalue weighted by molar-refractivity contribution is -0.174. The first kappa shape index (κ1) is 16.3. The van der Waals surface area contributed by atoms with E-state index >= 15 is 0 Å². The molecule has 3 aromatic carbocycles. The molecule has 0 saturated heterocycles. The number of carbonyl (C=O) groups is 1. The molecule has 0 aliphatic carbocycles. The van der Waals surface area contributed by atoms with Gasteiger partial charge in [-0.3, -0.25) is 0 Å². The Labute approximate surface area is 138 Å². The van der Waals surface area contributed by atoms with Gasteiger partial charge in [-0.2, -0.15) is 8.78 Å². The summed E-state index contributed by atoms with van der Waals surface area (Å²) in [4.78, 5) is 11.6. The molecule has 3 nitrogen and oxygen atoms in total. The molecular formula is C19H17F2NO2. The van der Waals surface area contributed by atoms with E-state index in [9.17, 15) is 13.6 Å². The second-order valence-electron chi connectivity index (χ2n) is 5.55. The van der Waals surface area contributed by atoms with Gasteiger partial charge in [-0.15, -0.1) is 0 Å². The number of alkyl halides is 2. The summed E-state index contributed by atoms with van der Waals surface area (Å²) in [6.07, 6.45) is 0. The Hall–Kier alpha value is -2.53. The molecule has 124 valence electrons. The Bertz CT molecular complexity index is 908. The molecule has 0 fully saturated rings. The molecule has 0 bridgehead atoms. The van der Waals surface area contributed by atoms with Gasteiger partial charge in [-0.1, -0.05) is 48.5 Å². The molecule has 0 heterocycles. The summed E-state index contributed by atoms with van der Waals surface area (Å²) in [6.45, 7) is 1.35. The lowest BCUT2D eigenvalue weighted by atomic mass is 9.91. The molecule has 0 aliphatic heterocycles. The molecule has 0 unspecified atom stereocenters. The number of rotatable bonds is 4. The van der Waals surface area contributed by atoms with Gasteiger partial charge in [0.1, 0.15) is 6.04 Å². The third-order valence-electron chi connectivity index (χ3n) is 4.07. The third-order valence-corrected chi connectivity index (χ3v) is 4.07. The van der Waals surface area contributed by atoms with Gasteiger partial charge in [0.15, 0.2) is 0 Å². The average Bonchev–Trinajstić information content (AvgIpc) is 2.60. The summed E-state index contributed by atoms with van der Waals surface area (Å²) in [5.74, 6) is -5.41. The number of nitrogens with two attached hydrogens (primary N) is 1. The van der Waals surface area contributed by atoms with Crippen molar-refractivity contribution >= 4 is 27.5 Å². The van der Waals surface area contributed by atoms with Crippen LogP contribution >= 0.6 is 0 Å². The fraction of sp³-hybridized carbons (Fsp3) is 0.211. The average molecular weight is 329 g/mol. The van der Waals surface area contributed by atoms with E-state index in [-0.39, 0.29) is 12.2 Å². The van der Waals surface area contributed by atoms with Crippen molar-refractivity contribution in [2.24, 2.45) is 5.73 Å². The largest absolute Gasteiger partial charge is 0.462 e. The van der Waals surface area contributed by atoms with Gasteiger partial charge in [-0.05, 0) is 40.1 Å². The highest BCUT2D eigenvalue weighted by atomic mass is 19.3. The highest BCUT2D eigenvalue weighted by Gasteiger charge is 2.48. The van der Waals surface area contributed by atoms with Crippen LogP contribution in [0.5, 0.6) is 0 Å². The minimum Gasteiger partial charge on any atom is -0.462 e. The van der Waals surface area contributed by atoms with Gasteiger partial charge in [-0.25, -0.2) is 4.79 Å². The van der Waals surface area contributed by atoms with Gasteiger partial charge in [0.25, 0.3) is 0 Å². The highest BCUT2D eigenvalue weighted by Crippen LogP contribution is 2.37. The molecule has 0 spiro atoms. The summed E-state index contributed by atoms with van der Waals surface area (Å²) in [7, 11) is 0. The zero-order valence-electron chi connectivity index (χ0n) is 13.1. The Morgan fingerprint density at radius 1 is 1.08 bits per heavy atom. The van der Waals surface area contributed by atoms with Crippen LogP contribution in [0.4, 0.5) is 8.78 Å². The summed E-state index contributed by atoms with van der Waals surface area (Å²) >= 11 is 0. The maximum Gasteiger partial charge on any atom is 0.379 e. The first-order valence-electron chi connectivity index (χ1n) is 7.67. The fourth-order valence-electron chi connectivity index (χ4n) is 2.89. The van der Waals surface area contributed by atoms with Crippen LogP contribution in [-0.4, -0.2) is 18.5 Å². The molecule has 0 aliphatic rings. The van der Waals surface area contributed by atoms with Crippen LogP contribution in [0.1, 0.15) is 18.5 Å². The number of carbonyl (C=O) groups excluding carboxylic acids is 1. The molecule has 5 heteroatoms. The second kappa shape index (κ2) is 6.17. The zero-order valence-corrected chi connectivity index (χ0v) is 13.1. The van der Waals surface area contributed by atoms with Gasteiger partial charge >= 0.3 is 11.9 Å². The number of ether oxygens (including phenoxy) is 1. The SMILES string of the molecule is CCOC(=O)C(F)(F)[C@@H](N)c1cc2ccccc2c2ccccc12. The standard InChI is InChI=1S/C19H17F2NO2/c1-2-24-18(23)19(20,21)17(22)16-11-12-7-3-4-8-13(12)14-9-5-6-10-15(14)16/h3-11,17H,2,22H2,1H3/t17-/m0/s1. The van der Waals surface area contributed by atoms with E-state index < -0.39 is 17.9 Å². The van der Waals surface area contributed by atoms with Crippen molar-refractivity contribution in [3.8, 4) is 0 Å². The van der Waals surface area contributed by atoms with E-state index in [1.54, 1.807) is 18.2 Å². The van der Waals surface area contributed by atoms with Crippen molar-refractivity contribution in [1.29, 1.82) is 0 Å². The Morgan fingerprint density at radius 2 is 1.67 bits per heavy atom. The summed E-state index contributed by atoms with van der Waals surface area (Å²) in [5.41, 5.74) is 6.03. The maximum absolute atomic E-state index is 14.4. The fourth-order valence-corrected chi connectivity index (χ4v) is 2.89. The molecular weight excluding hydrogens is 312 g/mol. The van der Waals surface area contributed by atoms with Crippen LogP contribution in [0, 0.1) is 0 Å². The van der Waals surface area contributed by atoms with Crippen LogP contribution in [0.15, 0.2) is 54.6 Å². The smallest absolute Gasteiger partial charge is 0.379 e. The molecule has 0 aromatic heterocycles. The van der Waals surface area contributed by atoms with Gasteiger partial charge in [0.05, 0.1) is 6.61 Å². The molecule has 3 rings (SSSR count). The molecule has 0 amide bonds. The minimum atomic E-state index is -3.80. The molecule has 2 N–H and O–H groups in total. The number of halogens is 2. The Balaban J connectivity index is 2.22. The molecule has 1 atom stereocenters. The monoisotopic (exact) mass is 329 g/mol. The van der Waals surface area contributed by atoms with Crippen molar-refractivity contribution in [3.05, 3.63) is 60.2 Å². The van der Waals surface area contributed by atoms with Crippen LogP contribution in [0.25, 0.3) is 21.5 Å². The van der Waals surface area contributed by atoms with Crippen molar-refractivity contribution < 1.29 is 18.3 Å². The third kappa shape index (κ3) is 2.61. The topological polar surface area (TPSA) is 52.3 Å². The number of benzene rings is 3. The molecule has 3 aromatic rings. The van der Waals surface area contributed by atoms with Gasteiger partial charge in [0.2, 0.25) is 0 Å². The van der Waals surface area contributed by atoms with Crippen LogP contribution in [0.2, 0.25) is 0 Å². The quantitative estimate of drug-likeness (QED) is 0.577. The molecule has 0 radical (unpaired) electrons. The van der Waals surface area contributed by atoms with Crippen LogP contribution in [-0.2, 0) is 9.53 Å². The summed E-state index contributed by atoms with van der Waals surface area (Å²) in [5, 5.41) is 3.16. The highest BCUT2D eigenvalue weighted by molar-refractivity contribution is 6.09. The van der Waals surface area contributed by atoms with Crippen LogP contribution < -0.4 is 5.73 Å². The van der Waals surface area contributed by atoms with E-state index in [0.29, 0.717) is 5.39 Å². The summed E-state index contributed by atoms with van der Waals surface area (Å²) in [6, 6.07) is 14.5. The molecule has 24 heavy (non-hydrogen) atoms. The lowest BCUT2D eigenvalue weighted by Gasteiger charge is -2.23. The maximum atomic E-state index is 14.4.